The predicted molar refractivity (Wildman–Crippen MR) is 78.8 cm³/mol. The van der Waals surface area contributed by atoms with Crippen molar-refractivity contribution in [2.45, 2.75) is 0 Å². The number of hydrogen-bond donors (Lipinski definition) is 1. The minimum Gasteiger partial charge on any atom is -0.363 e. The molecule has 1 N–H and O–H groups in total. The van der Waals surface area contributed by atoms with Crippen molar-refractivity contribution in [3.63, 3.8) is 0 Å². The molecule has 8 nitrogen and oxygen atoms in total. The Balaban J connectivity index is 1.78. The fourth-order valence-electron chi connectivity index (χ4n) is 1.78. The van der Waals surface area contributed by atoms with Gasteiger partial charge >= 0.3 is 0 Å². The molecule has 0 unspecified atom stereocenters. The molecule has 0 amide bonds. The molecule has 2 heterocycles. The Morgan fingerprint density at radius 3 is 2.57 bits per heavy atom. The highest BCUT2D eigenvalue weighted by Gasteiger charge is 2.02. The largest absolute Gasteiger partial charge is 0.363 e. The molecule has 0 aliphatic carbocycles. The van der Waals surface area contributed by atoms with Crippen LogP contribution in [0, 0.1) is 0 Å². The van der Waals surface area contributed by atoms with E-state index in [9.17, 15) is 0 Å². The molecule has 8 heteroatoms. The van der Waals surface area contributed by atoms with Crippen molar-refractivity contribution in [2.24, 2.45) is 0 Å². The number of nitrogens with one attached hydrogen (secondary N) is 1. The molecule has 21 heavy (non-hydrogen) atoms. The molecule has 2 aromatic heterocycles. The molecule has 106 valence electrons. The van der Waals surface area contributed by atoms with Crippen molar-refractivity contribution in [2.75, 3.05) is 24.3 Å². The van der Waals surface area contributed by atoms with Gasteiger partial charge in [-0.3, -0.25) is 0 Å². The molecule has 3 rings (SSSR count). The number of tetrazole rings is 1. The highest BCUT2D eigenvalue weighted by atomic mass is 15.5. The lowest BCUT2D eigenvalue weighted by Gasteiger charge is -2.12. The van der Waals surface area contributed by atoms with Gasteiger partial charge in [0.1, 0.15) is 24.3 Å². The van der Waals surface area contributed by atoms with E-state index in [1.807, 2.05) is 49.3 Å². The number of benzene rings is 1. The zero-order chi connectivity index (χ0) is 14.7. The minimum atomic E-state index is 0.740. The zero-order valence-electron chi connectivity index (χ0n) is 11.7. The number of anilines is 3. The summed E-state index contributed by atoms with van der Waals surface area (Å²) in [6.07, 6.45) is 3.09. The summed E-state index contributed by atoms with van der Waals surface area (Å²) in [5.74, 6) is 1.58. The number of nitrogens with zero attached hydrogens (tertiary/aromatic N) is 7. The van der Waals surface area contributed by atoms with E-state index in [4.69, 9.17) is 0 Å². The van der Waals surface area contributed by atoms with Crippen LogP contribution in [-0.2, 0) is 0 Å². The van der Waals surface area contributed by atoms with Crippen LogP contribution < -0.4 is 10.2 Å². The van der Waals surface area contributed by atoms with E-state index in [1.165, 1.54) is 6.33 Å². The highest BCUT2D eigenvalue weighted by molar-refractivity contribution is 5.60. The smallest absolute Gasteiger partial charge is 0.143 e. The van der Waals surface area contributed by atoms with Crippen molar-refractivity contribution in [1.29, 1.82) is 0 Å². The standard InChI is InChI=1S/C13H14N8/c1-20(2)13-7-12(14-8-15-13)17-10-3-5-11(6-4-10)21-9-16-18-19-21/h3-9H,1-2H3,(H,14,15,17). The van der Waals surface area contributed by atoms with Crippen LogP contribution in [0.4, 0.5) is 17.3 Å². The lowest BCUT2D eigenvalue weighted by Crippen LogP contribution is -2.11. The molecule has 0 aliphatic heterocycles. The Bertz CT molecular complexity index is 705. The minimum absolute atomic E-state index is 0.740. The van der Waals surface area contributed by atoms with E-state index >= 15 is 0 Å². The summed E-state index contributed by atoms with van der Waals surface area (Å²) in [6, 6.07) is 9.61. The topological polar surface area (TPSA) is 84.7 Å². The van der Waals surface area contributed by atoms with Gasteiger partial charge in [0.15, 0.2) is 0 Å². The van der Waals surface area contributed by atoms with Crippen LogP contribution in [0.2, 0.25) is 0 Å². The van der Waals surface area contributed by atoms with Gasteiger partial charge in [0.2, 0.25) is 0 Å². The molecule has 3 aromatic rings. The van der Waals surface area contributed by atoms with Crippen LogP contribution in [0.25, 0.3) is 5.69 Å². The molecular formula is C13H14N8. The maximum atomic E-state index is 4.20. The van der Waals surface area contributed by atoms with Crippen molar-refractivity contribution < 1.29 is 0 Å². The molecule has 0 saturated carbocycles. The van der Waals surface area contributed by atoms with Gasteiger partial charge in [-0.05, 0) is 34.7 Å². The summed E-state index contributed by atoms with van der Waals surface area (Å²) in [7, 11) is 3.88. The second-order valence-electron chi connectivity index (χ2n) is 4.58. The van der Waals surface area contributed by atoms with Crippen molar-refractivity contribution in [3.8, 4) is 5.69 Å². The van der Waals surface area contributed by atoms with Gasteiger partial charge in [0.25, 0.3) is 0 Å². The Morgan fingerprint density at radius 1 is 1.10 bits per heavy atom. The Hall–Kier alpha value is -3.03. The van der Waals surface area contributed by atoms with Crippen LogP contribution in [-0.4, -0.2) is 44.3 Å². The van der Waals surface area contributed by atoms with Gasteiger partial charge in [-0.1, -0.05) is 0 Å². The molecule has 1 aromatic carbocycles. The van der Waals surface area contributed by atoms with E-state index in [-0.39, 0.29) is 0 Å². The van der Waals surface area contributed by atoms with Crippen LogP contribution >= 0.6 is 0 Å². The maximum Gasteiger partial charge on any atom is 0.143 e. The van der Waals surface area contributed by atoms with E-state index < -0.39 is 0 Å². The van der Waals surface area contributed by atoms with Crippen molar-refractivity contribution in [3.05, 3.63) is 43.0 Å². The average Bonchev–Trinajstić information content (AvgIpc) is 3.02. The van der Waals surface area contributed by atoms with E-state index in [0.29, 0.717) is 0 Å². The lowest BCUT2D eigenvalue weighted by molar-refractivity contribution is 0.789. The van der Waals surface area contributed by atoms with Crippen molar-refractivity contribution >= 4 is 17.3 Å². The predicted octanol–water partition coefficient (Wildman–Crippen LogP) is 1.26. The highest BCUT2D eigenvalue weighted by Crippen LogP contribution is 2.18. The normalized spacial score (nSPS) is 10.4. The third-order valence-electron chi connectivity index (χ3n) is 2.86. The van der Waals surface area contributed by atoms with Crippen LogP contribution in [0.3, 0.4) is 0 Å². The number of rotatable bonds is 4. The van der Waals surface area contributed by atoms with Gasteiger partial charge in [0.05, 0.1) is 5.69 Å². The van der Waals surface area contributed by atoms with Crippen LogP contribution in [0.15, 0.2) is 43.0 Å². The summed E-state index contributed by atoms with van der Waals surface area (Å²) in [4.78, 5) is 10.3. The number of hydrogen-bond acceptors (Lipinski definition) is 7. The summed E-state index contributed by atoms with van der Waals surface area (Å²) >= 11 is 0. The van der Waals surface area contributed by atoms with Gasteiger partial charge < -0.3 is 10.2 Å². The SMILES string of the molecule is CN(C)c1cc(Nc2ccc(-n3cnnn3)cc2)ncn1. The number of aromatic nitrogens is 6. The van der Waals surface area contributed by atoms with Gasteiger partial charge in [-0.25, -0.2) is 14.6 Å². The van der Waals surface area contributed by atoms with Gasteiger partial charge in [-0.2, -0.15) is 0 Å². The molecule has 0 bridgehead atoms. The third-order valence-corrected chi connectivity index (χ3v) is 2.86. The summed E-state index contributed by atoms with van der Waals surface area (Å²) < 4.78 is 1.60. The van der Waals surface area contributed by atoms with Gasteiger partial charge in [-0.15, -0.1) is 5.10 Å². The van der Waals surface area contributed by atoms with E-state index in [0.717, 1.165) is 23.0 Å². The first kappa shape index (κ1) is 13.0. The molecule has 0 aliphatic rings. The zero-order valence-corrected chi connectivity index (χ0v) is 11.7. The first-order chi connectivity index (χ1) is 10.2. The molecule has 0 fully saturated rings. The van der Waals surface area contributed by atoms with Crippen LogP contribution in [0.1, 0.15) is 0 Å². The van der Waals surface area contributed by atoms with Gasteiger partial charge in [0, 0.05) is 25.8 Å². The average molecular weight is 282 g/mol. The molecule has 0 radical (unpaired) electrons. The second kappa shape index (κ2) is 5.53. The van der Waals surface area contributed by atoms with E-state index in [2.05, 4.69) is 30.8 Å². The fraction of sp³-hybridized carbons (Fsp3) is 0.154. The third kappa shape index (κ3) is 2.94. The fourth-order valence-corrected chi connectivity index (χ4v) is 1.78. The first-order valence-corrected chi connectivity index (χ1v) is 6.32. The molecule has 0 spiro atoms. The molecular weight excluding hydrogens is 268 g/mol. The second-order valence-corrected chi connectivity index (χ2v) is 4.58. The summed E-state index contributed by atoms with van der Waals surface area (Å²) in [5, 5.41) is 14.3. The van der Waals surface area contributed by atoms with Crippen LogP contribution in [0.5, 0.6) is 0 Å². The summed E-state index contributed by atoms with van der Waals surface area (Å²) in [5.41, 5.74) is 1.82. The molecule has 0 saturated heterocycles. The first-order valence-electron chi connectivity index (χ1n) is 6.32. The monoisotopic (exact) mass is 282 g/mol. The Kier molecular flexibility index (Phi) is 3.42. The van der Waals surface area contributed by atoms with Crippen molar-refractivity contribution in [1.82, 2.24) is 30.2 Å². The van der Waals surface area contributed by atoms with E-state index in [1.54, 1.807) is 11.0 Å². The Labute approximate surface area is 121 Å². The summed E-state index contributed by atoms with van der Waals surface area (Å²) in [6.45, 7) is 0. The quantitative estimate of drug-likeness (QED) is 0.771. The maximum absolute atomic E-state index is 4.20. The lowest BCUT2D eigenvalue weighted by atomic mass is 10.3. The Morgan fingerprint density at radius 2 is 1.90 bits per heavy atom. The molecule has 0 atom stereocenters.